The van der Waals surface area contributed by atoms with Gasteiger partial charge in [-0.2, -0.15) is 0 Å². The topological polar surface area (TPSA) is 78.9 Å². The van der Waals surface area contributed by atoms with Crippen molar-refractivity contribution in [1.29, 1.82) is 0 Å². The van der Waals surface area contributed by atoms with Gasteiger partial charge in [0.25, 0.3) is 0 Å². The molecule has 0 saturated heterocycles. The Bertz CT molecular complexity index is 450. The van der Waals surface area contributed by atoms with Gasteiger partial charge >= 0.3 is 17.9 Å². The van der Waals surface area contributed by atoms with Gasteiger partial charge in [0.05, 0.1) is 19.8 Å². The van der Waals surface area contributed by atoms with Crippen LogP contribution in [-0.2, 0) is 28.6 Å². The van der Waals surface area contributed by atoms with Crippen molar-refractivity contribution in [3.8, 4) is 0 Å². The van der Waals surface area contributed by atoms with E-state index in [9.17, 15) is 14.4 Å². The molecule has 0 amide bonds. The molecule has 0 aromatic rings. The lowest BCUT2D eigenvalue weighted by molar-refractivity contribution is -0.141. The van der Waals surface area contributed by atoms with Crippen molar-refractivity contribution in [3.05, 3.63) is 0 Å². The predicted octanol–water partition coefficient (Wildman–Crippen LogP) is 13.4. The summed E-state index contributed by atoms with van der Waals surface area (Å²) in [4.78, 5) is 29.5. The molecule has 5 aliphatic rings. The van der Waals surface area contributed by atoms with Gasteiger partial charge < -0.3 is 14.2 Å². The molecular weight excluding hydrogens is 600 g/mol. The van der Waals surface area contributed by atoms with Crippen molar-refractivity contribution in [1.82, 2.24) is 0 Å². The van der Waals surface area contributed by atoms with Crippen LogP contribution in [0.4, 0.5) is 0 Å². The highest BCUT2D eigenvalue weighted by atomic mass is 16.5. The smallest absolute Gasteiger partial charge is 0.302 e. The SMILES string of the molecule is C1CCCCC1.C1CCCCC1.C1CCCCC1.C1CCCCC1.C1CCCCC1.CCOC(C)=O.CCOC(C)=O.CCOC(C)=O. The van der Waals surface area contributed by atoms with Gasteiger partial charge in [-0.15, -0.1) is 0 Å². The van der Waals surface area contributed by atoms with Crippen LogP contribution in [-0.4, -0.2) is 37.7 Å². The van der Waals surface area contributed by atoms with Crippen molar-refractivity contribution in [2.75, 3.05) is 19.8 Å². The van der Waals surface area contributed by atoms with E-state index in [1.54, 1.807) is 20.8 Å². The summed E-state index contributed by atoms with van der Waals surface area (Å²) in [5.74, 6) is -0.632. The predicted molar refractivity (Wildman–Crippen MR) is 205 cm³/mol. The monoisotopic (exact) mass is 685 g/mol. The summed E-state index contributed by atoms with van der Waals surface area (Å²) in [5.41, 5.74) is 0. The second-order valence-corrected chi connectivity index (χ2v) is 13.4. The fourth-order valence-corrected chi connectivity index (χ4v) is 5.91. The van der Waals surface area contributed by atoms with Gasteiger partial charge in [0.1, 0.15) is 0 Å². The zero-order valence-electron chi connectivity index (χ0n) is 33.3. The molecule has 0 unspecified atom stereocenters. The van der Waals surface area contributed by atoms with Crippen LogP contribution in [0.15, 0.2) is 0 Å². The zero-order valence-corrected chi connectivity index (χ0v) is 33.3. The Morgan fingerprint density at radius 3 is 0.375 bits per heavy atom. The first kappa shape index (κ1) is 50.8. The van der Waals surface area contributed by atoms with Crippen LogP contribution >= 0.6 is 0 Å². The molecule has 5 fully saturated rings. The van der Waals surface area contributed by atoms with E-state index in [0.717, 1.165) is 0 Å². The number of rotatable bonds is 3. The lowest BCUT2D eigenvalue weighted by Crippen LogP contribution is -1.95. The number of hydrogen-bond acceptors (Lipinski definition) is 6. The quantitative estimate of drug-likeness (QED) is 0.217. The third-order valence-electron chi connectivity index (χ3n) is 8.54. The molecule has 6 heteroatoms. The van der Waals surface area contributed by atoms with Crippen molar-refractivity contribution in [2.24, 2.45) is 0 Å². The van der Waals surface area contributed by atoms with Gasteiger partial charge in [-0.3, -0.25) is 14.4 Å². The first-order chi connectivity index (χ1) is 23.3. The van der Waals surface area contributed by atoms with E-state index in [1.165, 1.54) is 213 Å². The Morgan fingerprint density at radius 1 is 0.271 bits per heavy atom. The van der Waals surface area contributed by atoms with E-state index in [4.69, 9.17) is 0 Å². The minimum atomic E-state index is -0.211. The van der Waals surface area contributed by atoms with Crippen LogP contribution in [0.3, 0.4) is 0 Å². The summed E-state index contributed by atoms with van der Waals surface area (Å²) in [7, 11) is 0. The second kappa shape index (κ2) is 47.5. The van der Waals surface area contributed by atoms with E-state index in [1.807, 2.05) is 0 Å². The fraction of sp³-hybridized carbons (Fsp3) is 0.929. The van der Waals surface area contributed by atoms with E-state index in [-0.39, 0.29) is 17.9 Å². The molecule has 0 spiro atoms. The highest BCUT2D eigenvalue weighted by Crippen LogP contribution is 2.17. The number of carbonyl (C=O) groups is 3. The molecule has 48 heavy (non-hydrogen) atoms. The lowest BCUT2D eigenvalue weighted by Gasteiger charge is -2.05. The maximum atomic E-state index is 9.82. The van der Waals surface area contributed by atoms with Crippen molar-refractivity contribution < 1.29 is 28.6 Å². The van der Waals surface area contributed by atoms with Crippen molar-refractivity contribution in [3.63, 3.8) is 0 Å². The molecule has 5 rings (SSSR count). The van der Waals surface area contributed by atoms with Crippen LogP contribution < -0.4 is 0 Å². The molecule has 0 N–H and O–H groups in total. The Hall–Kier alpha value is -1.59. The Kier molecular flexibility index (Phi) is 50.3. The summed E-state index contributed by atoms with van der Waals surface area (Å²) < 4.78 is 13.2. The van der Waals surface area contributed by atoms with Crippen molar-refractivity contribution in [2.45, 2.75) is 234 Å². The molecule has 0 aromatic heterocycles. The zero-order chi connectivity index (χ0) is 36.2. The molecule has 0 bridgehead atoms. The van der Waals surface area contributed by atoms with Crippen LogP contribution in [0.25, 0.3) is 0 Å². The Balaban J connectivity index is -0.000000482. The van der Waals surface area contributed by atoms with Gasteiger partial charge in [-0.05, 0) is 20.8 Å². The van der Waals surface area contributed by atoms with E-state index >= 15 is 0 Å². The van der Waals surface area contributed by atoms with Crippen LogP contribution in [0, 0.1) is 0 Å². The van der Waals surface area contributed by atoms with Gasteiger partial charge in [-0.1, -0.05) is 193 Å². The lowest BCUT2D eigenvalue weighted by atomic mass is 10.0. The first-order valence-electron chi connectivity index (χ1n) is 20.7. The average molecular weight is 685 g/mol. The van der Waals surface area contributed by atoms with Crippen LogP contribution in [0.2, 0.25) is 0 Å². The standard InChI is InChI=1S/5C6H12.3C4H8O2/c5*1-2-4-6-5-3-1;3*1-3-6-4(2)5/h5*1-6H2;3*3H2,1-2H3. The maximum absolute atomic E-state index is 9.82. The summed E-state index contributed by atoms with van der Waals surface area (Å²) in [6, 6.07) is 0. The highest BCUT2D eigenvalue weighted by molar-refractivity contribution is 5.66. The minimum absolute atomic E-state index is 0.211. The Morgan fingerprint density at radius 2 is 0.354 bits per heavy atom. The molecule has 0 aliphatic heterocycles. The summed E-state index contributed by atoms with van der Waals surface area (Å²) in [6.45, 7) is 11.0. The molecule has 0 aromatic carbocycles. The molecule has 288 valence electrons. The van der Waals surface area contributed by atoms with Crippen molar-refractivity contribution >= 4 is 17.9 Å². The molecule has 0 radical (unpaired) electrons. The number of hydrogen-bond donors (Lipinski definition) is 0. The van der Waals surface area contributed by atoms with Gasteiger partial charge in [0.15, 0.2) is 0 Å². The number of esters is 3. The summed E-state index contributed by atoms with van der Waals surface area (Å²) >= 11 is 0. The minimum Gasteiger partial charge on any atom is -0.466 e. The van der Waals surface area contributed by atoms with Crippen LogP contribution in [0.1, 0.15) is 234 Å². The van der Waals surface area contributed by atoms with E-state index < -0.39 is 0 Å². The van der Waals surface area contributed by atoms with Gasteiger partial charge in [0.2, 0.25) is 0 Å². The summed E-state index contributed by atoms with van der Waals surface area (Å²) in [6.07, 6.45) is 45.0. The largest absolute Gasteiger partial charge is 0.466 e. The molecule has 5 saturated carbocycles. The third-order valence-corrected chi connectivity index (χ3v) is 8.54. The van der Waals surface area contributed by atoms with Gasteiger partial charge in [0, 0.05) is 20.8 Å². The fourth-order valence-electron chi connectivity index (χ4n) is 5.91. The molecule has 0 atom stereocenters. The normalized spacial score (nSPS) is 17.9. The average Bonchev–Trinajstić information content (AvgIpc) is 3.14. The highest BCUT2D eigenvalue weighted by Gasteiger charge is 1.98. The number of ether oxygens (including phenoxy) is 3. The third kappa shape index (κ3) is 59.8. The molecule has 6 nitrogen and oxygen atoms in total. The molecule has 5 aliphatic carbocycles. The van der Waals surface area contributed by atoms with E-state index in [0.29, 0.717) is 19.8 Å². The maximum Gasteiger partial charge on any atom is 0.302 e. The van der Waals surface area contributed by atoms with Crippen LogP contribution in [0.5, 0.6) is 0 Å². The Labute approximate surface area is 300 Å². The summed E-state index contributed by atoms with van der Waals surface area (Å²) in [5, 5.41) is 0. The second-order valence-electron chi connectivity index (χ2n) is 13.4. The van der Waals surface area contributed by atoms with E-state index in [2.05, 4.69) is 14.2 Å². The first-order valence-corrected chi connectivity index (χ1v) is 20.7. The number of carbonyl (C=O) groups excluding carboxylic acids is 3. The molecule has 0 heterocycles. The molecular formula is C42H84O6. The van der Waals surface area contributed by atoms with Gasteiger partial charge in [-0.25, -0.2) is 0 Å².